The van der Waals surface area contributed by atoms with Crippen molar-refractivity contribution in [1.82, 2.24) is 9.80 Å². The molecule has 0 unspecified atom stereocenters. The van der Waals surface area contributed by atoms with Crippen LogP contribution in [0.3, 0.4) is 0 Å². The Balaban J connectivity index is 1.32. The number of fused-ring (bicyclic) bond motifs is 1. The largest absolute Gasteiger partial charge is 0.456 e. The Morgan fingerprint density at radius 1 is 0.897 bits per heavy atom. The van der Waals surface area contributed by atoms with Crippen LogP contribution in [0.5, 0.6) is 0 Å². The molecule has 1 aromatic heterocycles. The molecule has 1 aliphatic carbocycles. The van der Waals surface area contributed by atoms with E-state index in [1.54, 1.807) is 18.2 Å². The molecule has 5 rings (SSSR count). The quantitative estimate of drug-likeness (QED) is 0.431. The second-order valence-electron chi connectivity index (χ2n) is 12.6. The summed E-state index contributed by atoms with van der Waals surface area (Å²) >= 11 is 0. The van der Waals surface area contributed by atoms with E-state index in [-0.39, 0.29) is 28.4 Å². The average molecular weight is 528 g/mol. The number of carbonyl (C=O) groups excluding carboxylic acids is 2. The van der Waals surface area contributed by atoms with Crippen molar-refractivity contribution in [2.24, 2.45) is 0 Å². The zero-order valence-electron chi connectivity index (χ0n) is 24.2. The maximum atomic E-state index is 13.2. The van der Waals surface area contributed by atoms with Crippen molar-refractivity contribution in [2.75, 3.05) is 38.5 Å². The first-order valence-corrected chi connectivity index (χ1v) is 14.1. The molecule has 1 N–H and O–H groups in total. The molecule has 2 amide bonds. The van der Waals surface area contributed by atoms with E-state index in [1.807, 2.05) is 23.1 Å². The highest BCUT2D eigenvalue weighted by Gasteiger charge is 2.37. The summed E-state index contributed by atoms with van der Waals surface area (Å²) in [5, 5.41) is 2.91. The van der Waals surface area contributed by atoms with E-state index in [9.17, 15) is 9.59 Å². The Morgan fingerprint density at radius 3 is 2.23 bits per heavy atom. The van der Waals surface area contributed by atoms with Crippen LogP contribution in [-0.2, 0) is 17.3 Å². The van der Waals surface area contributed by atoms with Crippen molar-refractivity contribution >= 4 is 17.5 Å². The number of amides is 2. The first-order chi connectivity index (χ1) is 18.4. The minimum atomic E-state index is -0.357. The molecule has 1 aliphatic heterocycles. The molecule has 2 aromatic carbocycles. The lowest BCUT2D eigenvalue weighted by atomic mass is 9.62. The number of benzene rings is 2. The standard InChI is InChI=1S/C33H41N3O3/c1-22-19-26-27(33(4,5)14-13-32(26,2)3)21-23(22)20-24-11-12-29(39-24)30(37)34-28-10-8-7-9-25(28)31(38)36-17-15-35(6)16-18-36/h7-12,19,21H,13-18,20H2,1-6H3,(H,34,37). The first kappa shape index (κ1) is 27.2. The van der Waals surface area contributed by atoms with Crippen LogP contribution in [0.25, 0.3) is 0 Å². The summed E-state index contributed by atoms with van der Waals surface area (Å²) < 4.78 is 6.03. The van der Waals surface area contributed by atoms with E-state index in [0.717, 1.165) is 18.8 Å². The number of rotatable bonds is 5. The summed E-state index contributed by atoms with van der Waals surface area (Å²) in [7, 11) is 2.06. The number of para-hydroxylation sites is 1. The van der Waals surface area contributed by atoms with Crippen LogP contribution in [0.4, 0.5) is 5.69 Å². The molecule has 206 valence electrons. The molecule has 1 saturated heterocycles. The summed E-state index contributed by atoms with van der Waals surface area (Å²) in [5.74, 6) is 0.569. The Hall–Kier alpha value is -3.38. The molecular weight excluding hydrogens is 486 g/mol. The number of carbonyl (C=O) groups is 2. The summed E-state index contributed by atoms with van der Waals surface area (Å²) in [6.45, 7) is 14.6. The smallest absolute Gasteiger partial charge is 0.291 e. The van der Waals surface area contributed by atoms with E-state index in [1.165, 1.54) is 35.1 Å². The van der Waals surface area contributed by atoms with Crippen LogP contribution in [0.2, 0.25) is 0 Å². The van der Waals surface area contributed by atoms with Gasteiger partial charge >= 0.3 is 0 Å². The molecule has 0 atom stereocenters. The van der Waals surface area contributed by atoms with Crippen molar-refractivity contribution in [3.05, 3.63) is 87.9 Å². The Kier molecular flexibility index (Phi) is 7.19. The predicted molar refractivity (Wildman–Crippen MR) is 156 cm³/mol. The van der Waals surface area contributed by atoms with E-state index >= 15 is 0 Å². The molecule has 0 spiro atoms. The fourth-order valence-electron chi connectivity index (χ4n) is 5.88. The maximum absolute atomic E-state index is 13.2. The molecule has 1 fully saturated rings. The van der Waals surface area contributed by atoms with Gasteiger partial charge in [-0.3, -0.25) is 9.59 Å². The van der Waals surface area contributed by atoms with Crippen LogP contribution in [0.15, 0.2) is 52.9 Å². The number of furan rings is 1. The van der Waals surface area contributed by atoms with E-state index in [4.69, 9.17) is 4.42 Å². The predicted octanol–water partition coefficient (Wildman–Crippen LogP) is 6.17. The maximum Gasteiger partial charge on any atom is 0.291 e. The molecular formula is C33H41N3O3. The number of nitrogens with one attached hydrogen (secondary N) is 1. The zero-order chi connectivity index (χ0) is 27.9. The molecule has 0 bridgehead atoms. The third kappa shape index (κ3) is 5.53. The van der Waals surface area contributed by atoms with Crippen LogP contribution in [0.1, 0.15) is 89.5 Å². The lowest BCUT2D eigenvalue weighted by molar-refractivity contribution is 0.0665. The second kappa shape index (κ2) is 10.3. The number of hydrogen-bond donors (Lipinski definition) is 1. The first-order valence-electron chi connectivity index (χ1n) is 14.1. The summed E-state index contributed by atoms with van der Waals surface area (Å²) in [4.78, 5) is 30.4. The van der Waals surface area contributed by atoms with Crippen molar-refractivity contribution in [2.45, 2.75) is 64.7 Å². The average Bonchev–Trinajstić information content (AvgIpc) is 3.37. The Bertz CT molecular complexity index is 1390. The number of likely N-dealkylation sites (N-methyl/N-ethyl adjacent to an activating group) is 1. The van der Waals surface area contributed by atoms with Gasteiger partial charge in [-0.15, -0.1) is 0 Å². The number of aryl methyl sites for hydroxylation is 1. The van der Waals surface area contributed by atoms with Gasteiger partial charge in [-0.05, 0) is 84.2 Å². The van der Waals surface area contributed by atoms with Gasteiger partial charge in [0.05, 0.1) is 11.3 Å². The van der Waals surface area contributed by atoms with Gasteiger partial charge < -0.3 is 19.5 Å². The SMILES string of the molecule is Cc1cc2c(cc1Cc1ccc(C(=O)Nc3ccccc3C(=O)N3CCN(C)CC3)o1)C(C)(C)CCC2(C)C. The summed E-state index contributed by atoms with van der Waals surface area (Å²) in [6.07, 6.45) is 2.98. The van der Waals surface area contributed by atoms with Crippen molar-refractivity contribution < 1.29 is 14.0 Å². The minimum Gasteiger partial charge on any atom is -0.456 e. The van der Waals surface area contributed by atoms with Crippen LogP contribution < -0.4 is 5.32 Å². The highest BCUT2D eigenvalue weighted by Crippen LogP contribution is 2.46. The van der Waals surface area contributed by atoms with Crippen molar-refractivity contribution in [3.8, 4) is 0 Å². The molecule has 39 heavy (non-hydrogen) atoms. The van der Waals surface area contributed by atoms with Gasteiger partial charge in [0.25, 0.3) is 11.8 Å². The van der Waals surface area contributed by atoms with Gasteiger partial charge in [-0.2, -0.15) is 0 Å². The fourth-order valence-corrected chi connectivity index (χ4v) is 5.88. The Morgan fingerprint density at radius 2 is 1.54 bits per heavy atom. The topological polar surface area (TPSA) is 65.8 Å². The number of piperazine rings is 1. The van der Waals surface area contributed by atoms with E-state index in [0.29, 0.717) is 30.8 Å². The van der Waals surface area contributed by atoms with E-state index in [2.05, 4.69) is 64.0 Å². The normalized spacial score (nSPS) is 18.5. The molecule has 6 heteroatoms. The molecule has 0 radical (unpaired) electrons. The van der Waals surface area contributed by atoms with Gasteiger partial charge in [0.2, 0.25) is 0 Å². The zero-order valence-corrected chi connectivity index (χ0v) is 24.2. The Labute approximate surface area is 232 Å². The van der Waals surface area contributed by atoms with Gasteiger partial charge in [-0.25, -0.2) is 0 Å². The van der Waals surface area contributed by atoms with Crippen LogP contribution in [0, 0.1) is 6.92 Å². The van der Waals surface area contributed by atoms with Gasteiger partial charge in [0.1, 0.15) is 5.76 Å². The molecule has 2 aliphatic rings. The van der Waals surface area contributed by atoms with Crippen LogP contribution >= 0.6 is 0 Å². The van der Waals surface area contributed by atoms with Gasteiger partial charge in [0, 0.05) is 32.6 Å². The third-order valence-electron chi connectivity index (χ3n) is 8.76. The van der Waals surface area contributed by atoms with Crippen molar-refractivity contribution in [1.29, 1.82) is 0 Å². The highest BCUT2D eigenvalue weighted by molar-refractivity contribution is 6.07. The van der Waals surface area contributed by atoms with Gasteiger partial charge in [-0.1, -0.05) is 52.0 Å². The monoisotopic (exact) mass is 527 g/mol. The lowest BCUT2D eigenvalue weighted by Gasteiger charge is -2.42. The fraction of sp³-hybridized carbons (Fsp3) is 0.455. The molecule has 0 saturated carbocycles. The second-order valence-corrected chi connectivity index (χ2v) is 12.6. The molecule has 6 nitrogen and oxygen atoms in total. The third-order valence-corrected chi connectivity index (χ3v) is 8.76. The number of nitrogens with zero attached hydrogens (tertiary/aromatic N) is 2. The van der Waals surface area contributed by atoms with Gasteiger partial charge in [0.15, 0.2) is 5.76 Å². The summed E-state index contributed by atoms with van der Waals surface area (Å²) in [5.41, 5.74) is 6.65. The van der Waals surface area contributed by atoms with Crippen molar-refractivity contribution in [3.63, 3.8) is 0 Å². The van der Waals surface area contributed by atoms with E-state index < -0.39 is 0 Å². The molecule has 2 heterocycles. The minimum absolute atomic E-state index is 0.0619. The summed E-state index contributed by atoms with van der Waals surface area (Å²) in [6, 6.07) is 15.5. The highest BCUT2D eigenvalue weighted by atomic mass is 16.3. The number of anilines is 1. The number of hydrogen-bond acceptors (Lipinski definition) is 4. The lowest BCUT2D eigenvalue weighted by Crippen LogP contribution is -2.47. The van der Waals surface area contributed by atoms with Crippen LogP contribution in [-0.4, -0.2) is 54.8 Å². The molecule has 3 aromatic rings.